The quantitative estimate of drug-likeness (QED) is 0.883. The zero-order valence-electron chi connectivity index (χ0n) is 9.53. The summed E-state index contributed by atoms with van der Waals surface area (Å²) in [6.45, 7) is 0.684. The summed E-state index contributed by atoms with van der Waals surface area (Å²) in [5.41, 5.74) is 0.0131. The Morgan fingerprint density at radius 2 is 2.18 bits per heavy atom. The molecule has 0 radical (unpaired) electrons. The highest BCUT2D eigenvalue weighted by Gasteiger charge is 2.22. The van der Waals surface area contributed by atoms with Crippen LogP contribution in [0.25, 0.3) is 0 Å². The Morgan fingerprint density at radius 3 is 2.88 bits per heavy atom. The van der Waals surface area contributed by atoms with Gasteiger partial charge in [0.1, 0.15) is 0 Å². The normalized spacial score (nSPS) is 22.4. The van der Waals surface area contributed by atoms with E-state index in [1.807, 2.05) is 0 Å². The van der Waals surface area contributed by atoms with Crippen molar-refractivity contribution in [3.05, 3.63) is 35.4 Å². The van der Waals surface area contributed by atoms with Gasteiger partial charge in [0.15, 0.2) is 11.6 Å². The average Bonchev–Trinajstić information content (AvgIpc) is 2.34. The molecule has 0 aliphatic carbocycles. The van der Waals surface area contributed by atoms with Crippen LogP contribution in [0, 0.1) is 11.6 Å². The lowest BCUT2D eigenvalue weighted by Gasteiger charge is -2.25. The van der Waals surface area contributed by atoms with Crippen LogP contribution in [-0.2, 0) is 4.74 Å². The third kappa shape index (κ3) is 3.01. The van der Waals surface area contributed by atoms with E-state index in [2.05, 4.69) is 0 Å². The molecule has 0 amide bonds. The first-order chi connectivity index (χ1) is 8.18. The Balaban J connectivity index is 2.03. The number of hydrogen-bond donors (Lipinski definition) is 1. The zero-order valence-corrected chi connectivity index (χ0v) is 9.53. The maximum atomic E-state index is 13.4. The van der Waals surface area contributed by atoms with Gasteiger partial charge in [-0.2, -0.15) is 0 Å². The molecule has 1 aromatic carbocycles. The van der Waals surface area contributed by atoms with Crippen molar-refractivity contribution >= 4 is 0 Å². The molecule has 0 bridgehead atoms. The summed E-state index contributed by atoms with van der Waals surface area (Å²) in [4.78, 5) is 0. The summed E-state index contributed by atoms with van der Waals surface area (Å²) in [7, 11) is 0. The minimum Gasteiger partial charge on any atom is -0.388 e. The summed E-state index contributed by atoms with van der Waals surface area (Å²) in [6, 6.07) is 3.85. The highest BCUT2D eigenvalue weighted by Crippen LogP contribution is 2.27. The van der Waals surface area contributed by atoms with E-state index >= 15 is 0 Å². The summed E-state index contributed by atoms with van der Waals surface area (Å²) < 4.78 is 31.9. The summed E-state index contributed by atoms with van der Waals surface area (Å²) in [5, 5.41) is 9.89. The summed E-state index contributed by atoms with van der Waals surface area (Å²) >= 11 is 0. The first-order valence-electron chi connectivity index (χ1n) is 5.92. The van der Waals surface area contributed by atoms with Crippen molar-refractivity contribution in [1.82, 2.24) is 0 Å². The van der Waals surface area contributed by atoms with Crippen LogP contribution in [-0.4, -0.2) is 17.8 Å². The van der Waals surface area contributed by atoms with E-state index in [1.165, 1.54) is 12.1 Å². The summed E-state index contributed by atoms with van der Waals surface area (Å²) in [6.07, 6.45) is 2.22. The Hall–Kier alpha value is -1.00. The first-order valence-corrected chi connectivity index (χ1v) is 5.92. The number of benzene rings is 1. The van der Waals surface area contributed by atoms with Gasteiger partial charge < -0.3 is 9.84 Å². The van der Waals surface area contributed by atoms with Crippen molar-refractivity contribution in [3.8, 4) is 0 Å². The van der Waals surface area contributed by atoms with Crippen molar-refractivity contribution in [2.24, 2.45) is 0 Å². The fourth-order valence-corrected chi connectivity index (χ4v) is 2.15. The second-order valence-electron chi connectivity index (χ2n) is 4.38. The topological polar surface area (TPSA) is 29.5 Å². The van der Waals surface area contributed by atoms with Crippen molar-refractivity contribution in [3.63, 3.8) is 0 Å². The van der Waals surface area contributed by atoms with Crippen molar-refractivity contribution in [2.45, 2.75) is 37.9 Å². The second-order valence-corrected chi connectivity index (χ2v) is 4.38. The molecule has 1 N–H and O–H groups in total. The highest BCUT2D eigenvalue weighted by molar-refractivity contribution is 5.21. The minimum absolute atomic E-state index is 0.0131. The molecule has 1 aliphatic heterocycles. The zero-order chi connectivity index (χ0) is 12.3. The molecule has 4 heteroatoms. The molecule has 0 spiro atoms. The highest BCUT2D eigenvalue weighted by atomic mass is 19.2. The molecule has 2 unspecified atom stereocenters. The van der Waals surface area contributed by atoms with Crippen molar-refractivity contribution in [1.29, 1.82) is 0 Å². The third-order valence-corrected chi connectivity index (χ3v) is 3.10. The SMILES string of the molecule is OC(CC1CCCCO1)c1cccc(F)c1F. The monoisotopic (exact) mass is 242 g/mol. The van der Waals surface area contributed by atoms with Crippen LogP contribution in [0.4, 0.5) is 8.78 Å². The predicted molar refractivity (Wildman–Crippen MR) is 59.5 cm³/mol. The maximum absolute atomic E-state index is 13.4. The van der Waals surface area contributed by atoms with E-state index in [-0.39, 0.29) is 11.7 Å². The van der Waals surface area contributed by atoms with Gasteiger partial charge in [0, 0.05) is 18.6 Å². The molecular weight excluding hydrogens is 226 g/mol. The maximum Gasteiger partial charge on any atom is 0.164 e. The lowest BCUT2D eigenvalue weighted by Crippen LogP contribution is -2.22. The van der Waals surface area contributed by atoms with E-state index in [4.69, 9.17) is 4.74 Å². The molecule has 1 saturated heterocycles. The largest absolute Gasteiger partial charge is 0.388 e. The number of halogens is 2. The van der Waals surface area contributed by atoms with Crippen LogP contribution in [0.1, 0.15) is 37.4 Å². The van der Waals surface area contributed by atoms with E-state index in [0.717, 1.165) is 25.3 Å². The molecule has 0 saturated carbocycles. The Morgan fingerprint density at radius 1 is 1.35 bits per heavy atom. The Bertz CT molecular complexity index is 376. The van der Waals surface area contributed by atoms with E-state index in [0.29, 0.717) is 13.0 Å². The van der Waals surface area contributed by atoms with Crippen LogP contribution in [0.3, 0.4) is 0 Å². The molecule has 1 aromatic rings. The molecule has 17 heavy (non-hydrogen) atoms. The van der Waals surface area contributed by atoms with Gasteiger partial charge in [0.2, 0.25) is 0 Å². The van der Waals surface area contributed by atoms with Crippen molar-refractivity contribution in [2.75, 3.05) is 6.61 Å². The van der Waals surface area contributed by atoms with Crippen LogP contribution in [0.5, 0.6) is 0 Å². The molecule has 1 aliphatic rings. The Labute approximate surface area is 99.2 Å². The smallest absolute Gasteiger partial charge is 0.164 e. The number of hydrogen-bond acceptors (Lipinski definition) is 2. The van der Waals surface area contributed by atoms with E-state index in [9.17, 15) is 13.9 Å². The number of aliphatic hydroxyl groups excluding tert-OH is 1. The van der Waals surface area contributed by atoms with Gasteiger partial charge in [-0.3, -0.25) is 0 Å². The molecule has 94 valence electrons. The number of aliphatic hydroxyl groups is 1. The van der Waals surface area contributed by atoms with Crippen molar-refractivity contribution < 1.29 is 18.6 Å². The second kappa shape index (κ2) is 5.56. The predicted octanol–water partition coefficient (Wildman–Crippen LogP) is 2.96. The lowest BCUT2D eigenvalue weighted by molar-refractivity contribution is -0.0162. The number of ether oxygens (including phenoxy) is 1. The molecule has 2 nitrogen and oxygen atoms in total. The van der Waals surface area contributed by atoms with Gasteiger partial charge in [-0.25, -0.2) is 8.78 Å². The lowest BCUT2D eigenvalue weighted by atomic mass is 9.98. The fraction of sp³-hybridized carbons (Fsp3) is 0.538. The van der Waals surface area contributed by atoms with Gasteiger partial charge in [-0.05, 0) is 25.3 Å². The van der Waals surface area contributed by atoms with Crippen LogP contribution >= 0.6 is 0 Å². The van der Waals surface area contributed by atoms with Gasteiger partial charge in [-0.1, -0.05) is 12.1 Å². The molecule has 2 rings (SSSR count). The average molecular weight is 242 g/mol. The van der Waals surface area contributed by atoms with E-state index < -0.39 is 17.7 Å². The van der Waals surface area contributed by atoms with Crippen LogP contribution < -0.4 is 0 Å². The molecule has 1 heterocycles. The Kier molecular flexibility index (Phi) is 4.07. The minimum atomic E-state index is -1.01. The number of rotatable bonds is 3. The van der Waals surface area contributed by atoms with Gasteiger partial charge in [-0.15, -0.1) is 0 Å². The molecule has 1 fully saturated rings. The van der Waals surface area contributed by atoms with E-state index in [1.54, 1.807) is 0 Å². The van der Waals surface area contributed by atoms with Gasteiger partial charge in [0.25, 0.3) is 0 Å². The van der Waals surface area contributed by atoms with Crippen LogP contribution in [0.2, 0.25) is 0 Å². The summed E-state index contributed by atoms with van der Waals surface area (Å²) in [5.74, 6) is -1.89. The standard InChI is InChI=1S/C13H16F2O2/c14-11-6-3-5-10(13(11)15)12(16)8-9-4-1-2-7-17-9/h3,5-6,9,12,16H,1-2,4,7-8H2. The molecule has 2 atom stereocenters. The van der Waals surface area contributed by atoms with Gasteiger partial charge in [0.05, 0.1) is 12.2 Å². The van der Waals surface area contributed by atoms with Crippen LogP contribution in [0.15, 0.2) is 18.2 Å². The van der Waals surface area contributed by atoms with Gasteiger partial charge >= 0.3 is 0 Å². The first kappa shape index (κ1) is 12.5. The fourth-order valence-electron chi connectivity index (χ4n) is 2.15. The third-order valence-electron chi connectivity index (χ3n) is 3.10. The molecule has 0 aromatic heterocycles. The molecular formula is C13H16F2O2.